The third kappa shape index (κ3) is 3.02. The SMILES string of the molecule is CC(C)(C)C1=CCN(C(=O)NC2CCC2)CC1. The number of nitrogens with one attached hydrogen (secondary N) is 1. The average molecular weight is 236 g/mol. The highest BCUT2D eigenvalue weighted by Gasteiger charge is 2.26. The Labute approximate surface area is 104 Å². The second-order valence-corrected chi connectivity index (χ2v) is 6.25. The Morgan fingerprint density at radius 2 is 2.12 bits per heavy atom. The summed E-state index contributed by atoms with van der Waals surface area (Å²) < 4.78 is 0. The van der Waals surface area contributed by atoms with Crippen molar-refractivity contribution in [3.8, 4) is 0 Å². The number of hydrogen-bond acceptors (Lipinski definition) is 1. The van der Waals surface area contributed by atoms with Crippen LogP contribution >= 0.6 is 0 Å². The maximum atomic E-state index is 11.9. The molecule has 0 atom stereocenters. The Bertz CT molecular complexity index is 324. The molecule has 96 valence electrons. The highest BCUT2D eigenvalue weighted by molar-refractivity contribution is 5.75. The summed E-state index contributed by atoms with van der Waals surface area (Å²) in [6.45, 7) is 8.35. The first-order valence-electron chi connectivity index (χ1n) is 6.72. The smallest absolute Gasteiger partial charge is 0.317 e. The largest absolute Gasteiger partial charge is 0.335 e. The summed E-state index contributed by atoms with van der Waals surface area (Å²) in [7, 11) is 0. The fourth-order valence-electron chi connectivity index (χ4n) is 2.35. The van der Waals surface area contributed by atoms with Crippen LogP contribution in [0.25, 0.3) is 0 Å². The minimum atomic E-state index is 0.124. The van der Waals surface area contributed by atoms with Gasteiger partial charge in [0.05, 0.1) is 0 Å². The lowest BCUT2D eigenvalue weighted by Gasteiger charge is -2.34. The van der Waals surface area contributed by atoms with Gasteiger partial charge in [-0.3, -0.25) is 0 Å². The van der Waals surface area contributed by atoms with Crippen LogP contribution in [-0.4, -0.2) is 30.1 Å². The van der Waals surface area contributed by atoms with Crippen molar-refractivity contribution in [3.63, 3.8) is 0 Å². The van der Waals surface area contributed by atoms with Crippen LogP contribution in [0.2, 0.25) is 0 Å². The van der Waals surface area contributed by atoms with Crippen LogP contribution in [0.15, 0.2) is 11.6 Å². The van der Waals surface area contributed by atoms with Gasteiger partial charge in [-0.25, -0.2) is 4.79 Å². The number of carbonyl (C=O) groups is 1. The third-order valence-corrected chi connectivity index (χ3v) is 3.89. The normalized spacial score (nSPS) is 21.8. The molecule has 2 aliphatic rings. The van der Waals surface area contributed by atoms with Crippen molar-refractivity contribution in [2.75, 3.05) is 13.1 Å². The van der Waals surface area contributed by atoms with Gasteiger partial charge in [-0.15, -0.1) is 0 Å². The van der Waals surface area contributed by atoms with Gasteiger partial charge in [-0.2, -0.15) is 0 Å². The molecular formula is C14H24N2O. The fourth-order valence-corrected chi connectivity index (χ4v) is 2.35. The van der Waals surface area contributed by atoms with Crippen LogP contribution < -0.4 is 5.32 Å². The highest BCUT2D eigenvalue weighted by atomic mass is 16.2. The molecule has 1 aliphatic carbocycles. The van der Waals surface area contributed by atoms with Gasteiger partial charge in [-0.1, -0.05) is 32.4 Å². The summed E-state index contributed by atoms with van der Waals surface area (Å²) in [6.07, 6.45) is 6.82. The van der Waals surface area contributed by atoms with Crippen molar-refractivity contribution in [2.45, 2.75) is 52.5 Å². The molecule has 0 aromatic heterocycles. The lowest BCUT2D eigenvalue weighted by Crippen LogP contribution is -2.48. The van der Waals surface area contributed by atoms with Crippen LogP contribution in [0.4, 0.5) is 4.79 Å². The molecule has 0 spiro atoms. The fraction of sp³-hybridized carbons (Fsp3) is 0.786. The molecule has 3 heteroatoms. The predicted molar refractivity (Wildman–Crippen MR) is 69.9 cm³/mol. The maximum Gasteiger partial charge on any atom is 0.317 e. The van der Waals surface area contributed by atoms with Crippen molar-refractivity contribution in [3.05, 3.63) is 11.6 Å². The minimum Gasteiger partial charge on any atom is -0.335 e. The van der Waals surface area contributed by atoms with E-state index in [0.29, 0.717) is 6.04 Å². The van der Waals surface area contributed by atoms with Gasteiger partial charge in [0.15, 0.2) is 0 Å². The molecule has 0 aromatic rings. The molecule has 1 aliphatic heterocycles. The van der Waals surface area contributed by atoms with Crippen LogP contribution in [-0.2, 0) is 0 Å². The van der Waals surface area contributed by atoms with Crippen molar-refractivity contribution in [1.29, 1.82) is 0 Å². The number of carbonyl (C=O) groups excluding carboxylic acids is 1. The van der Waals surface area contributed by atoms with Crippen LogP contribution in [0.1, 0.15) is 46.5 Å². The zero-order valence-electron chi connectivity index (χ0n) is 11.3. The first kappa shape index (κ1) is 12.5. The van der Waals surface area contributed by atoms with Gasteiger partial charge >= 0.3 is 6.03 Å². The lowest BCUT2D eigenvalue weighted by atomic mass is 9.83. The van der Waals surface area contributed by atoms with Crippen molar-refractivity contribution in [2.24, 2.45) is 5.41 Å². The number of rotatable bonds is 1. The standard InChI is InChI=1S/C14H24N2O/c1-14(2,3)11-7-9-16(10-8-11)13(17)15-12-5-4-6-12/h7,12H,4-6,8-10H2,1-3H3,(H,15,17). The van der Waals surface area contributed by atoms with E-state index in [0.717, 1.165) is 32.4 Å². The van der Waals surface area contributed by atoms with E-state index in [9.17, 15) is 4.79 Å². The van der Waals surface area contributed by atoms with Crippen LogP contribution in [0.5, 0.6) is 0 Å². The van der Waals surface area contributed by atoms with Crippen molar-refractivity contribution < 1.29 is 4.79 Å². The van der Waals surface area contributed by atoms with E-state index in [1.165, 1.54) is 12.0 Å². The van der Waals surface area contributed by atoms with E-state index in [-0.39, 0.29) is 11.4 Å². The van der Waals surface area contributed by atoms with Crippen molar-refractivity contribution in [1.82, 2.24) is 10.2 Å². The van der Waals surface area contributed by atoms with E-state index >= 15 is 0 Å². The van der Waals surface area contributed by atoms with E-state index < -0.39 is 0 Å². The Morgan fingerprint density at radius 1 is 1.41 bits per heavy atom. The molecule has 1 fully saturated rings. The van der Waals surface area contributed by atoms with Gasteiger partial charge in [0.2, 0.25) is 0 Å². The molecule has 0 unspecified atom stereocenters. The highest BCUT2D eigenvalue weighted by Crippen LogP contribution is 2.30. The van der Waals surface area contributed by atoms with Gasteiger partial charge in [-0.05, 0) is 31.1 Å². The topological polar surface area (TPSA) is 32.3 Å². The average Bonchev–Trinajstić information content (AvgIpc) is 2.22. The molecule has 0 aromatic carbocycles. The third-order valence-electron chi connectivity index (χ3n) is 3.89. The molecular weight excluding hydrogens is 212 g/mol. The Morgan fingerprint density at radius 3 is 2.53 bits per heavy atom. The Hall–Kier alpha value is -0.990. The molecule has 2 amide bonds. The van der Waals surface area contributed by atoms with E-state index in [4.69, 9.17) is 0 Å². The number of nitrogens with zero attached hydrogens (tertiary/aromatic N) is 1. The van der Waals surface area contributed by atoms with Gasteiger partial charge in [0.1, 0.15) is 0 Å². The minimum absolute atomic E-state index is 0.124. The molecule has 2 rings (SSSR count). The summed E-state index contributed by atoms with van der Waals surface area (Å²) >= 11 is 0. The maximum absolute atomic E-state index is 11.9. The lowest BCUT2D eigenvalue weighted by molar-refractivity contribution is 0.188. The molecule has 0 radical (unpaired) electrons. The van der Waals surface area contributed by atoms with Gasteiger partial charge in [0.25, 0.3) is 0 Å². The predicted octanol–water partition coefficient (Wildman–Crippen LogP) is 2.93. The first-order chi connectivity index (χ1) is 7.97. The van der Waals surface area contributed by atoms with E-state index in [2.05, 4.69) is 32.2 Å². The van der Waals surface area contributed by atoms with Crippen molar-refractivity contribution >= 4 is 6.03 Å². The number of amides is 2. The van der Waals surface area contributed by atoms with Gasteiger partial charge < -0.3 is 10.2 Å². The number of hydrogen-bond donors (Lipinski definition) is 1. The summed E-state index contributed by atoms with van der Waals surface area (Å²) in [4.78, 5) is 13.9. The molecule has 1 heterocycles. The van der Waals surface area contributed by atoms with Crippen LogP contribution in [0.3, 0.4) is 0 Å². The Balaban J connectivity index is 1.85. The summed E-state index contributed by atoms with van der Waals surface area (Å²) in [6, 6.07) is 0.564. The molecule has 0 saturated heterocycles. The van der Waals surface area contributed by atoms with E-state index in [1.807, 2.05) is 4.90 Å². The van der Waals surface area contributed by atoms with Crippen LogP contribution in [0, 0.1) is 5.41 Å². The Kier molecular flexibility index (Phi) is 3.45. The zero-order valence-corrected chi connectivity index (χ0v) is 11.3. The monoisotopic (exact) mass is 236 g/mol. The first-order valence-corrected chi connectivity index (χ1v) is 6.72. The zero-order chi connectivity index (χ0) is 12.5. The summed E-state index contributed by atoms with van der Waals surface area (Å²) in [5.74, 6) is 0. The number of urea groups is 1. The molecule has 0 bridgehead atoms. The second kappa shape index (κ2) is 4.71. The molecule has 17 heavy (non-hydrogen) atoms. The quantitative estimate of drug-likeness (QED) is 0.698. The summed E-state index contributed by atoms with van der Waals surface area (Å²) in [5.41, 5.74) is 1.72. The molecule has 1 saturated carbocycles. The molecule has 1 N–H and O–H groups in total. The van der Waals surface area contributed by atoms with Gasteiger partial charge in [0, 0.05) is 19.1 Å². The van der Waals surface area contributed by atoms with E-state index in [1.54, 1.807) is 0 Å². The summed E-state index contributed by atoms with van der Waals surface area (Å²) in [5, 5.41) is 3.10. The molecule has 3 nitrogen and oxygen atoms in total. The second-order valence-electron chi connectivity index (χ2n) is 6.25.